The highest BCUT2D eigenvalue weighted by Gasteiger charge is 2.54. The largest absolute Gasteiger partial charge is 0.457 e. The van der Waals surface area contributed by atoms with Gasteiger partial charge in [-0.3, -0.25) is 9.78 Å². The van der Waals surface area contributed by atoms with Crippen LogP contribution in [0.15, 0.2) is 64.7 Å². The topological polar surface area (TPSA) is 80.5 Å². The Labute approximate surface area is 182 Å². The lowest BCUT2D eigenvalue weighted by atomic mass is 9.73. The van der Waals surface area contributed by atoms with Crippen LogP contribution in [0, 0.1) is 5.41 Å². The molecule has 1 atom stereocenters. The van der Waals surface area contributed by atoms with Gasteiger partial charge in [-0.05, 0) is 24.3 Å². The maximum absolute atomic E-state index is 12.9. The third-order valence-electron chi connectivity index (χ3n) is 6.18. The molecule has 1 amide bonds. The summed E-state index contributed by atoms with van der Waals surface area (Å²) >= 11 is 1.38. The van der Waals surface area contributed by atoms with E-state index in [1.54, 1.807) is 11.7 Å². The molecule has 8 heteroatoms. The number of ether oxygens (including phenoxy) is 1. The standard InChI is InChI=1S/C23H20N4O3S/c28-22(20-9-24-14-31-20)27-10-17(23(13-27)11-25-12-23)21-26-18-8-16(6-7-19(18)30-21)29-15-4-2-1-3-5-15/h1-9,14,17,25H,10-13H2. The predicted molar refractivity (Wildman–Crippen MR) is 117 cm³/mol. The molecule has 0 radical (unpaired) electrons. The number of hydrogen-bond acceptors (Lipinski definition) is 7. The molecule has 2 saturated heterocycles. The number of carbonyl (C=O) groups is 1. The number of oxazole rings is 1. The van der Waals surface area contributed by atoms with Crippen LogP contribution in [-0.4, -0.2) is 47.0 Å². The number of fused-ring (bicyclic) bond motifs is 1. The lowest BCUT2D eigenvalue weighted by Gasteiger charge is -2.42. The Bertz CT molecular complexity index is 1230. The number of likely N-dealkylation sites (tertiary alicyclic amines) is 1. The molecule has 1 spiro atoms. The third kappa shape index (κ3) is 3.19. The number of hydrogen-bond donors (Lipinski definition) is 1. The fraction of sp³-hybridized carbons (Fsp3) is 0.261. The summed E-state index contributed by atoms with van der Waals surface area (Å²) in [5.41, 5.74) is 3.14. The summed E-state index contributed by atoms with van der Waals surface area (Å²) in [5, 5.41) is 3.37. The van der Waals surface area contributed by atoms with Gasteiger partial charge in [0.2, 0.25) is 5.89 Å². The molecule has 0 bridgehead atoms. The number of amides is 1. The van der Waals surface area contributed by atoms with Crippen molar-refractivity contribution in [3.05, 3.63) is 71.0 Å². The molecular weight excluding hydrogens is 412 g/mol. The second-order valence-corrected chi connectivity index (χ2v) is 9.05. The quantitative estimate of drug-likeness (QED) is 0.527. The fourth-order valence-electron chi connectivity index (χ4n) is 4.51. The first-order chi connectivity index (χ1) is 15.2. The van der Waals surface area contributed by atoms with Crippen molar-refractivity contribution >= 4 is 28.3 Å². The SMILES string of the molecule is O=C(c1cncs1)N1CC(c2nc3cc(Oc4ccccc4)ccc3o2)C2(CNC2)C1. The van der Waals surface area contributed by atoms with Crippen LogP contribution < -0.4 is 10.1 Å². The molecule has 2 fully saturated rings. The van der Waals surface area contributed by atoms with Crippen LogP contribution in [0.5, 0.6) is 11.5 Å². The van der Waals surface area contributed by atoms with E-state index in [0.717, 1.165) is 29.9 Å². The van der Waals surface area contributed by atoms with E-state index in [2.05, 4.69) is 10.3 Å². The molecule has 2 aliphatic rings. The van der Waals surface area contributed by atoms with Crippen LogP contribution in [0.2, 0.25) is 0 Å². The smallest absolute Gasteiger partial charge is 0.265 e. The molecule has 2 aromatic heterocycles. The van der Waals surface area contributed by atoms with Crippen molar-refractivity contribution in [3.63, 3.8) is 0 Å². The zero-order chi connectivity index (χ0) is 20.8. The first kappa shape index (κ1) is 18.5. The predicted octanol–water partition coefficient (Wildman–Crippen LogP) is 3.91. The van der Waals surface area contributed by atoms with E-state index in [1.807, 2.05) is 53.4 Å². The second kappa shape index (κ2) is 7.18. The lowest BCUT2D eigenvalue weighted by molar-refractivity contribution is 0.0753. The van der Waals surface area contributed by atoms with Crippen molar-refractivity contribution in [2.75, 3.05) is 26.2 Å². The molecule has 4 heterocycles. The Morgan fingerprint density at radius 1 is 1.19 bits per heavy atom. The van der Waals surface area contributed by atoms with Gasteiger partial charge in [0.1, 0.15) is 21.9 Å². The van der Waals surface area contributed by atoms with Crippen LogP contribution in [0.4, 0.5) is 0 Å². The molecule has 31 heavy (non-hydrogen) atoms. The van der Waals surface area contributed by atoms with Gasteiger partial charge < -0.3 is 19.4 Å². The first-order valence-electron chi connectivity index (χ1n) is 10.2. The summed E-state index contributed by atoms with van der Waals surface area (Å²) in [7, 11) is 0. The maximum Gasteiger partial charge on any atom is 0.265 e. The Hall–Kier alpha value is -3.23. The molecule has 1 unspecified atom stereocenters. The van der Waals surface area contributed by atoms with Crippen LogP contribution >= 0.6 is 11.3 Å². The van der Waals surface area contributed by atoms with Gasteiger partial charge in [-0.25, -0.2) is 4.98 Å². The molecule has 7 nitrogen and oxygen atoms in total. The molecule has 6 rings (SSSR count). The highest BCUT2D eigenvalue weighted by atomic mass is 32.1. The minimum absolute atomic E-state index is 0.0333. The number of aromatic nitrogens is 2. The van der Waals surface area contributed by atoms with Crippen molar-refractivity contribution in [2.24, 2.45) is 5.41 Å². The van der Waals surface area contributed by atoms with Gasteiger partial charge in [-0.1, -0.05) is 18.2 Å². The Kier molecular flexibility index (Phi) is 4.29. The molecule has 2 aromatic carbocycles. The molecule has 2 aliphatic heterocycles. The van der Waals surface area contributed by atoms with Crippen molar-refractivity contribution in [3.8, 4) is 11.5 Å². The summed E-state index contributed by atoms with van der Waals surface area (Å²) < 4.78 is 12.1. The monoisotopic (exact) mass is 432 g/mol. The highest BCUT2D eigenvalue weighted by Crippen LogP contribution is 2.46. The van der Waals surface area contributed by atoms with Gasteiger partial charge >= 0.3 is 0 Å². The van der Waals surface area contributed by atoms with Gasteiger partial charge in [0.25, 0.3) is 5.91 Å². The fourth-order valence-corrected chi connectivity index (χ4v) is 5.09. The summed E-state index contributed by atoms with van der Waals surface area (Å²) in [6, 6.07) is 15.3. The zero-order valence-corrected chi connectivity index (χ0v) is 17.5. The Balaban J connectivity index is 1.29. The van der Waals surface area contributed by atoms with E-state index >= 15 is 0 Å². The molecule has 156 valence electrons. The molecule has 1 N–H and O–H groups in total. The lowest BCUT2D eigenvalue weighted by Crippen LogP contribution is -2.57. The average molecular weight is 433 g/mol. The summed E-state index contributed by atoms with van der Waals surface area (Å²) in [4.78, 5) is 24.3. The average Bonchev–Trinajstić information content (AvgIpc) is 3.50. The van der Waals surface area contributed by atoms with E-state index in [1.165, 1.54) is 11.3 Å². The highest BCUT2D eigenvalue weighted by molar-refractivity contribution is 7.11. The second-order valence-electron chi connectivity index (χ2n) is 8.17. The van der Waals surface area contributed by atoms with Crippen LogP contribution in [0.25, 0.3) is 11.1 Å². The van der Waals surface area contributed by atoms with Crippen molar-refractivity contribution in [1.82, 2.24) is 20.2 Å². The summed E-state index contributed by atoms with van der Waals surface area (Å²) in [6.07, 6.45) is 1.64. The zero-order valence-electron chi connectivity index (χ0n) is 16.7. The third-order valence-corrected chi connectivity index (χ3v) is 6.95. The number of nitrogens with zero attached hydrogens (tertiary/aromatic N) is 3. The van der Waals surface area contributed by atoms with Gasteiger partial charge in [-0.2, -0.15) is 0 Å². The van der Waals surface area contributed by atoms with Crippen LogP contribution in [0.1, 0.15) is 21.5 Å². The minimum Gasteiger partial charge on any atom is -0.457 e. The van der Waals surface area contributed by atoms with E-state index < -0.39 is 0 Å². The van der Waals surface area contributed by atoms with Crippen LogP contribution in [-0.2, 0) is 0 Å². The van der Waals surface area contributed by atoms with Crippen molar-refractivity contribution in [2.45, 2.75) is 5.92 Å². The number of benzene rings is 2. The van der Waals surface area contributed by atoms with Crippen molar-refractivity contribution < 1.29 is 13.9 Å². The maximum atomic E-state index is 12.9. The number of nitrogens with one attached hydrogen (secondary N) is 1. The summed E-state index contributed by atoms with van der Waals surface area (Å²) in [5.74, 6) is 2.26. The number of para-hydroxylation sites is 1. The van der Waals surface area contributed by atoms with Gasteiger partial charge in [0, 0.05) is 37.7 Å². The molecule has 0 saturated carbocycles. The normalized spacial score (nSPS) is 19.6. The first-order valence-corrected chi connectivity index (χ1v) is 11.1. The van der Waals surface area contributed by atoms with E-state index in [0.29, 0.717) is 29.6 Å². The summed E-state index contributed by atoms with van der Waals surface area (Å²) in [6.45, 7) is 3.00. The van der Waals surface area contributed by atoms with Gasteiger partial charge in [0.15, 0.2) is 5.58 Å². The van der Waals surface area contributed by atoms with Gasteiger partial charge in [-0.15, -0.1) is 11.3 Å². The van der Waals surface area contributed by atoms with E-state index in [-0.39, 0.29) is 17.2 Å². The van der Waals surface area contributed by atoms with E-state index in [4.69, 9.17) is 14.1 Å². The number of thiazole rings is 1. The molecule has 4 aromatic rings. The van der Waals surface area contributed by atoms with Gasteiger partial charge in [0.05, 0.1) is 17.6 Å². The van der Waals surface area contributed by atoms with Crippen LogP contribution in [0.3, 0.4) is 0 Å². The number of rotatable bonds is 4. The van der Waals surface area contributed by atoms with E-state index in [9.17, 15) is 4.79 Å². The minimum atomic E-state index is -0.0371. The Morgan fingerprint density at radius 2 is 2.06 bits per heavy atom. The number of carbonyl (C=O) groups excluding carboxylic acids is 1. The molecule has 0 aliphatic carbocycles. The molecular formula is C23H20N4O3S. The van der Waals surface area contributed by atoms with Crippen molar-refractivity contribution in [1.29, 1.82) is 0 Å². The Morgan fingerprint density at radius 3 is 2.81 bits per heavy atom.